The third-order valence-electron chi connectivity index (χ3n) is 5.81. The first-order valence-corrected chi connectivity index (χ1v) is 11.1. The molecule has 1 atom stereocenters. The lowest BCUT2D eigenvalue weighted by Crippen LogP contribution is -2.43. The van der Waals surface area contributed by atoms with E-state index in [-0.39, 0.29) is 23.4 Å². The van der Waals surface area contributed by atoms with Gasteiger partial charge >= 0.3 is 6.36 Å². The molecule has 8 nitrogen and oxygen atoms in total. The minimum Gasteiger partial charge on any atom is -0.496 e. The van der Waals surface area contributed by atoms with E-state index >= 15 is 0 Å². The lowest BCUT2D eigenvalue weighted by Gasteiger charge is -2.33. The smallest absolute Gasteiger partial charge is 0.496 e. The van der Waals surface area contributed by atoms with Gasteiger partial charge in [0.1, 0.15) is 11.5 Å². The minimum absolute atomic E-state index is 0.0358. The fraction of sp³-hybridized carbons (Fsp3) is 0.375. The Bertz CT molecular complexity index is 1220. The Hall–Kier alpha value is -3.60. The van der Waals surface area contributed by atoms with Gasteiger partial charge in [-0.1, -0.05) is 30.3 Å². The second kappa shape index (κ2) is 10.3. The van der Waals surface area contributed by atoms with Crippen molar-refractivity contribution in [1.29, 1.82) is 0 Å². The summed E-state index contributed by atoms with van der Waals surface area (Å²) in [5.74, 6) is -0.0867. The maximum atomic E-state index is 13.0. The van der Waals surface area contributed by atoms with Crippen LogP contribution in [-0.4, -0.2) is 52.3 Å². The number of likely N-dealkylation sites (tertiary alicyclic amines) is 1. The average molecular weight is 489 g/mol. The maximum absolute atomic E-state index is 13.0. The number of rotatable bonds is 7. The molecule has 2 aromatic carbocycles. The van der Waals surface area contributed by atoms with E-state index in [1.807, 2.05) is 18.2 Å². The quantitative estimate of drug-likeness (QED) is 0.540. The zero-order chi connectivity index (χ0) is 25.0. The second-order valence-corrected chi connectivity index (χ2v) is 8.35. The van der Waals surface area contributed by atoms with Crippen molar-refractivity contribution < 1.29 is 22.6 Å². The Kier molecular flexibility index (Phi) is 7.25. The van der Waals surface area contributed by atoms with Crippen molar-refractivity contribution in [1.82, 2.24) is 19.7 Å². The van der Waals surface area contributed by atoms with Crippen molar-refractivity contribution in [2.75, 3.05) is 25.5 Å². The standard InChI is InChI=1S/C24H26F3N5O3/c1-31-22(19-11-10-18(13-20(19)34-2)35-24(25,26)27)30-29-21(23(31)33)28-17-9-6-12-32(15-17)14-16-7-4-3-5-8-16/h3-5,7-8,10-11,13,17H,6,9,12,14-15H2,1-2H3,(H,28,29)/t17-/m1/s1. The van der Waals surface area contributed by atoms with E-state index in [2.05, 4.69) is 37.3 Å². The summed E-state index contributed by atoms with van der Waals surface area (Å²) < 4.78 is 48.1. The molecular formula is C24H26F3N5O3. The normalized spacial score (nSPS) is 16.7. The molecule has 0 unspecified atom stereocenters. The lowest BCUT2D eigenvalue weighted by molar-refractivity contribution is -0.274. The highest BCUT2D eigenvalue weighted by Crippen LogP contribution is 2.33. The topological polar surface area (TPSA) is 81.5 Å². The number of nitrogens with one attached hydrogen (secondary N) is 1. The molecular weight excluding hydrogens is 463 g/mol. The SMILES string of the molecule is COc1cc(OC(F)(F)F)ccc1-c1nnc(N[C@@H]2CCCN(Cc3ccccc3)C2)c(=O)n1C. The Labute approximate surface area is 200 Å². The van der Waals surface area contributed by atoms with Crippen LogP contribution in [0.1, 0.15) is 18.4 Å². The van der Waals surface area contributed by atoms with Gasteiger partial charge in [-0.3, -0.25) is 14.3 Å². The van der Waals surface area contributed by atoms with Crippen molar-refractivity contribution >= 4 is 5.82 Å². The molecule has 1 aliphatic heterocycles. The van der Waals surface area contributed by atoms with Gasteiger partial charge in [-0.05, 0) is 37.1 Å². The number of nitrogens with zero attached hydrogens (tertiary/aromatic N) is 4. The van der Waals surface area contributed by atoms with Crippen molar-refractivity contribution in [3.05, 3.63) is 64.4 Å². The summed E-state index contributed by atoms with van der Waals surface area (Å²) in [6, 6.07) is 13.8. The van der Waals surface area contributed by atoms with E-state index in [1.54, 1.807) is 0 Å². The summed E-state index contributed by atoms with van der Waals surface area (Å²) in [5.41, 5.74) is 1.15. The first kappa shape index (κ1) is 24.5. The van der Waals surface area contributed by atoms with Gasteiger partial charge in [0.15, 0.2) is 5.82 Å². The highest BCUT2D eigenvalue weighted by Gasteiger charge is 2.31. The molecule has 0 spiro atoms. The molecule has 0 bridgehead atoms. The molecule has 0 amide bonds. The van der Waals surface area contributed by atoms with Crippen molar-refractivity contribution in [2.24, 2.45) is 7.05 Å². The van der Waals surface area contributed by atoms with Gasteiger partial charge in [0.2, 0.25) is 5.82 Å². The zero-order valence-corrected chi connectivity index (χ0v) is 19.4. The number of alkyl halides is 3. The number of halogens is 3. The molecule has 186 valence electrons. The predicted molar refractivity (Wildman–Crippen MR) is 124 cm³/mol. The first-order valence-electron chi connectivity index (χ1n) is 11.1. The fourth-order valence-electron chi connectivity index (χ4n) is 4.19. The number of anilines is 1. The predicted octanol–water partition coefficient (Wildman–Crippen LogP) is 3.83. The monoisotopic (exact) mass is 489 g/mol. The van der Waals surface area contributed by atoms with E-state index in [4.69, 9.17) is 4.74 Å². The Balaban J connectivity index is 1.51. The molecule has 35 heavy (non-hydrogen) atoms. The highest BCUT2D eigenvalue weighted by atomic mass is 19.4. The number of hydrogen-bond donors (Lipinski definition) is 1. The van der Waals surface area contributed by atoms with Gasteiger partial charge in [-0.25, -0.2) is 0 Å². The van der Waals surface area contributed by atoms with Gasteiger partial charge in [0, 0.05) is 32.2 Å². The van der Waals surface area contributed by atoms with Gasteiger partial charge in [0.25, 0.3) is 5.56 Å². The molecule has 1 saturated heterocycles. The Morgan fingerprint density at radius 3 is 2.63 bits per heavy atom. The van der Waals surface area contributed by atoms with Crippen molar-refractivity contribution in [3.8, 4) is 22.9 Å². The second-order valence-electron chi connectivity index (χ2n) is 8.35. The third-order valence-corrected chi connectivity index (χ3v) is 5.81. The van der Waals surface area contributed by atoms with Gasteiger partial charge in [-0.15, -0.1) is 23.4 Å². The van der Waals surface area contributed by atoms with E-state index in [0.717, 1.165) is 44.6 Å². The van der Waals surface area contributed by atoms with Gasteiger partial charge in [-0.2, -0.15) is 0 Å². The fourth-order valence-corrected chi connectivity index (χ4v) is 4.19. The molecule has 0 saturated carbocycles. The van der Waals surface area contributed by atoms with E-state index < -0.39 is 17.7 Å². The van der Waals surface area contributed by atoms with Crippen LogP contribution in [0.5, 0.6) is 11.5 Å². The van der Waals surface area contributed by atoms with Crippen LogP contribution in [0.25, 0.3) is 11.4 Å². The number of ether oxygens (including phenoxy) is 2. The average Bonchev–Trinajstić information content (AvgIpc) is 2.82. The molecule has 1 fully saturated rings. The summed E-state index contributed by atoms with van der Waals surface area (Å²) in [6.07, 6.45) is -2.95. The zero-order valence-electron chi connectivity index (χ0n) is 19.4. The van der Waals surface area contributed by atoms with Crippen LogP contribution in [0.2, 0.25) is 0 Å². The molecule has 0 aliphatic carbocycles. The van der Waals surface area contributed by atoms with Gasteiger partial charge < -0.3 is 14.8 Å². The number of methoxy groups -OCH3 is 1. The van der Waals surface area contributed by atoms with E-state index in [1.165, 1.54) is 30.4 Å². The van der Waals surface area contributed by atoms with Crippen LogP contribution in [0.4, 0.5) is 19.0 Å². The van der Waals surface area contributed by atoms with Crippen LogP contribution >= 0.6 is 0 Å². The van der Waals surface area contributed by atoms with E-state index in [9.17, 15) is 18.0 Å². The third kappa shape index (κ3) is 6.10. The molecule has 3 aromatic rings. The highest BCUT2D eigenvalue weighted by molar-refractivity contribution is 5.66. The molecule has 1 N–H and O–H groups in total. The summed E-state index contributed by atoms with van der Waals surface area (Å²) >= 11 is 0. The van der Waals surface area contributed by atoms with Crippen LogP contribution < -0.4 is 20.3 Å². The lowest BCUT2D eigenvalue weighted by atomic mass is 10.0. The van der Waals surface area contributed by atoms with Crippen molar-refractivity contribution in [3.63, 3.8) is 0 Å². The number of hydrogen-bond acceptors (Lipinski definition) is 7. The van der Waals surface area contributed by atoms with Crippen LogP contribution in [0.15, 0.2) is 53.3 Å². The Morgan fingerprint density at radius 2 is 1.91 bits per heavy atom. The summed E-state index contributed by atoms with van der Waals surface area (Å²) in [6.45, 7) is 2.56. The molecule has 2 heterocycles. The summed E-state index contributed by atoms with van der Waals surface area (Å²) in [4.78, 5) is 15.4. The van der Waals surface area contributed by atoms with E-state index in [0.29, 0.717) is 5.56 Å². The largest absolute Gasteiger partial charge is 0.573 e. The minimum atomic E-state index is -4.83. The maximum Gasteiger partial charge on any atom is 0.573 e. The molecule has 11 heteroatoms. The van der Waals surface area contributed by atoms with Crippen molar-refractivity contribution in [2.45, 2.75) is 31.8 Å². The Morgan fingerprint density at radius 1 is 1.14 bits per heavy atom. The van der Waals surface area contributed by atoms with Crippen LogP contribution in [-0.2, 0) is 13.6 Å². The number of benzene rings is 2. The van der Waals surface area contributed by atoms with Gasteiger partial charge in [0.05, 0.1) is 12.7 Å². The molecule has 4 rings (SSSR count). The number of aromatic nitrogens is 3. The first-order chi connectivity index (χ1) is 16.7. The summed E-state index contributed by atoms with van der Waals surface area (Å²) in [5, 5.41) is 11.5. The molecule has 0 radical (unpaired) electrons. The number of piperidine rings is 1. The van der Waals surface area contributed by atoms with Crippen LogP contribution in [0.3, 0.4) is 0 Å². The molecule has 1 aliphatic rings. The molecule has 1 aromatic heterocycles. The van der Waals surface area contributed by atoms with Crippen LogP contribution in [0, 0.1) is 0 Å². The summed E-state index contributed by atoms with van der Waals surface area (Å²) in [7, 11) is 2.83.